The van der Waals surface area contributed by atoms with Crippen LogP contribution in [-0.2, 0) is 19.1 Å². The maximum atomic E-state index is 12.2. The van der Waals surface area contributed by atoms with Crippen LogP contribution < -0.4 is 14.2 Å². The molecular formula is C27H30O9. The topological polar surface area (TPSA) is 129 Å². The van der Waals surface area contributed by atoms with E-state index in [1.54, 1.807) is 43.3 Å². The first-order chi connectivity index (χ1) is 17.2. The van der Waals surface area contributed by atoms with E-state index in [1.807, 2.05) is 0 Å². The van der Waals surface area contributed by atoms with E-state index >= 15 is 0 Å². The van der Waals surface area contributed by atoms with Gasteiger partial charge in [-0.25, -0.2) is 0 Å². The number of ether oxygens (including phenoxy) is 4. The van der Waals surface area contributed by atoms with Gasteiger partial charge in [-0.1, -0.05) is 31.2 Å². The number of hydrogen-bond donors (Lipinski definition) is 2. The summed E-state index contributed by atoms with van der Waals surface area (Å²) in [4.78, 5) is 35.5. The Labute approximate surface area is 209 Å². The number of carbonyl (C=O) groups excluding carboxylic acids is 3. The highest BCUT2D eigenvalue weighted by Gasteiger charge is 2.12. The zero-order valence-electron chi connectivity index (χ0n) is 20.4. The van der Waals surface area contributed by atoms with E-state index in [-0.39, 0.29) is 49.1 Å². The molecule has 0 aliphatic rings. The Kier molecular flexibility index (Phi) is 11.2. The van der Waals surface area contributed by atoms with Crippen molar-refractivity contribution in [3.63, 3.8) is 0 Å². The monoisotopic (exact) mass is 498 g/mol. The fraction of sp³-hybridized carbons (Fsp3) is 0.296. The number of methoxy groups -OCH3 is 2. The van der Waals surface area contributed by atoms with E-state index in [0.717, 1.165) is 0 Å². The molecule has 0 fully saturated rings. The SMILES string of the molecule is CCC(=O)OCC(O)COc1ccc(/C=C/C(=O)CC(=O)/C=C/c2ccc(O)c(OC)c2)cc1OC. The highest BCUT2D eigenvalue weighted by atomic mass is 16.6. The predicted octanol–water partition coefficient (Wildman–Crippen LogP) is 3.36. The molecule has 36 heavy (non-hydrogen) atoms. The molecule has 0 amide bonds. The number of ketones is 2. The Bertz CT molecular complexity index is 1120. The molecule has 2 N–H and O–H groups in total. The summed E-state index contributed by atoms with van der Waals surface area (Å²) in [6, 6.07) is 9.59. The number of aliphatic hydroxyl groups is 1. The first-order valence-corrected chi connectivity index (χ1v) is 11.2. The number of aromatic hydroxyl groups is 1. The van der Waals surface area contributed by atoms with Crippen LogP contribution in [-0.4, -0.2) is 61.3 Å². The Morgan fingerprint density at radius 3 is 2.03 bits per heavy atom. The summed E-state index contributed by atoms with van der Waals surface area (Å²) in [6.45, 7) is 1.38. The minimum absolute atomic E-state index is 0.00944. The third kappa shape index (κ3) is 9.27. The quantitative estimate of drug-likeness (QED) is 0.229. The predicted molar refractivity (Wildman–Crippen MR) is 133 cm³/mol. The molecule has 192 valence electrons. The van der Waals surface area contributed by atoms with Gasteiger partial charge in [0.25, 0.3) is 0 Å². The molecule has 9 heteroatoms. The lowest BCUT2D eigenvalue weighted by Crippen LogP contribution is -2.25. The van der Waals surface area contributed by atoms with Gasteiger partial charge in [-0.3, -0.25) is 14.4 Å². The second-order valence-corrected chi connectivity index (χ2v) is 7.62. The Morgan fingerprint density at radius 2 is 1.44 bits per heavy atom. The van der Waals surface area contributed by atoms with Crippen LogP contribution in [0.15, 0.2) is 48.6 Å². The molecule has 2 aromatic carbocycles. The summed E-state index contributed by atoms with van der Waals surface area (Å²) in [5, 5.41) is 19.5. The van der Waals surface area contributed by atoms with Crippen molar-refractivity contribution in [1.29, 1.82) is 0 Å². The number of phenols is 1. The fourth-order valence-corrected chi connectivity index (χ4v) is 2.90. The average Bonchev–Trinajstić information content (AvgIpc) is 2.88. The van der Waals surface area contributed by atoms with Gasteiger partial charge in [0.15, 0.2) is 34.6 Å². The molecule has 0 aliphatic carbocycles. The molecule has 2 aromatic rings. The first kappa shape index (κ1) is 28.1. The first-order valence-electron chi connectivity index (χ1n) is 11.2. The highest BCUT2D eigenvalue weighted by Crippen LogP contribution is 2.29. The van der Waals surface area contributed by atoms with Crippen LogP contribution in [0.2, 0.25) is 0 Å². The van der Waals surface area contributed by atoms with E-state index in [4.69, 9.17) is 18.9 Å². The molecule has 2 rings (SSSR count). The van der Waals surface area contributed by atoms with Gasteiger partial charge in [-0.15, -0.1) is 0 Å². The average molecular weight is 499 g/mol. The molecule has 0 bridgehead atoms. The van der Waals surface area contributed by atoms with Crippen molar-refractivity contribution in [2.45, 2.75) is 25.9 Å². The standard InChI is InChI=1S/C27H30O9/c1-4-27(32)36-17-22(30)16-35-24-12-8-19(14-26(24)34-3)6-10-21(29)15-20(28)9-5-18-7-11-23(31)25(13-18)33-2/h5-14,22,30-31H,4,15-17H2,1-3H3/b9-5+,10-6+. The Hall–Kier alpha value is -4.11. The molecule has 0 aliphatic heterocycles. The number of phenolic OH excluding ortho intramolecular Hbond substituents is 1. The van der Waals surface area contributed by atoms with Gasteiger partial charge < -0.3 is 29.2 Å². The van der Waals surface area contributed by atoms with Crippen LogP contribution in [0, 0.1) is 0 Å². The number of esters is 1. The van der Waals surface area contributed by atoms with E-state index in [9.17, 15) is 24.6 Å². The van der Waals surface area contributed by atoms with Gasteiger partial charge in [0.05, 0.1) is 20.6 Å². The van der Waals surface area contributed by atoms with Crippen LogP contribution in [0.5, 0.6) is 23.0 Å². The summed E-state index contributed by atoms with van der Waals surface area (Å²) in [5.41, 5.74) is 1.29. The fourth-order valence-electron chi connectivity index (χ4n) is 2.90. The van der Waals surface area contributed by atoms with E-state index in [2.05, 4.69) is 0 Å². The number of hydrogen-bond acceptors (Lipinski definition) is 9. The lowest BCUT2D eigenvalue weighted by atomic mass is 10.1. The lowest BCUT2D eigenvalue weighted by Gasteiger charge is -2.15. The van der Waals surface area contributed by atoms with Crippen LogP contribution in [0.3, 0.4) is 0 Å². The second-order valence-electron chi connectivity index (χ2n) is 7.62. The molecule has 0 aromatic heterocycles. The number of rotatable bonds is 14. The third-order valence-corrected chi connectivity index (χ3v) is 4.82. The van der Waals surface area contributed by atoms with Gasteiger partial charge in [0.2, 0.25) is 0 Å². The molecule has 0 heterocycles. The maximum Gasteiger partial charge on any atom is 0.305 e. The van der Waals surface area contributed by atoms with Crippen LogP contribution >= 0.6 is 0 Å². The lowest BCUT2D eigenvalue weighted by molar-refractivity contribution is -0.146. The molecule has 0 spiro atoms. The molecule has 0 radical (unpaired) electrons. The van der Waals surface area contributed by atoms with Crippen molar-refractivity contribution >= 4 is 29.7 Å². The van der Waals surface area contributed by atoms with Crippen LogP contribution in [0.1, 0.15) is 30.9 Å². The number of aliphatic hydroxyl groups excluding tert-OH is 1. The smallest absolute Gasteiger partial charge is 0.305 e. The number of benzene rings is 2. The summed E-state index contributed by atoms with van der Waals surface area (Å²) >= 11 is 0. The molecule has 0 saturated heterocycles. The second kappa shape index (κ2) is 14.3. The summed E-state index contributed by atoms with van der Waals surface area (Å²) in [6.07, 6.45) is 4.61. The highest BCUT2D eigenvalue weighted by molar-refractivity contribution is 6.10. The van der Waals surface area contributed by atoms with Crippen molar-refractivity contribution in [2.75, 3.05) is 27.4 Å². The third-order valence-electron chi connectivity index (χ3n) is 4.82. The molecule has 9 nitrogen and oxygen atoms in total. The Morgan fingerprint density at radius 1 is 0.861 bits per heavy atom. The van der Waals surface area contributed by atoms with Crippen LogP contribution in [0.25, 0.3) is 12.2 Å². The van der Waals surface area contributed by atoms with E-state index < -0.39 is 12.1 Å². The molecule has 1 unspecified atom stereocenters. The van der Waals surface area contributed by atoms with Crippen molar-refractivity contribution in [2.24, 2.45) is 0 Å². The summed E-state index contributed by atoms with van der Waals surface area (Å²) in [7, 11) is 2.88. The minimum atomic E-state index is -0.995. The van der Waals surface area contributed by atoms with Crippen molar-refractivity contribution < 1.29 is 43.5 Å². The zero-order valence-corrected chi connectivity index (χ0v) is 20.4. The molecule has 1 atom stereocenters. The normalized spacial score (nSPS) is 11.9. The van der Waals surface area contributed by atoms with Crippen molar-refractivity contribution in [1.82, 2.24) is 0 Å². The van der Waals surface area contributed by atoms with Gasteiger partial charge in [0, 0.05) is 6.42 Å². The van der Waals surface area contributed by atoms with Gasteiger partial charge in [0.1, 0.15) is 19.3 Å². The Balaban J connectivity index is 1.91. The zero-order chi connectivity index (χ0) is 26.5. The van der Waals surface area contributed by atoms with Crippen LogP contribution in [0.4, 0.5) is 0 Å². The number of carbonyl (C=O) groups is 3. The summed E-state index contributed by atoms with van der Waals surface area (Å²) in [5.74, 6) is -0.140. The van der Waals surface area contributed by atoms with Crippen molar-refractivity contribution in [3.05, 3.63) is 59.7 Å². The largest absolute Gasteiger partial charge is 0.504 e. The van der Waals surface area contributed by atoms with E-state index in [0.29, 0.717) is 22.6 Å². The summed E-state index contributed by atoms with van der Waals surface area (Å²) < 4.78 is 20.7. The number of allylic oxidation sites excluding steroid dienone is 2. The van der Waals surface area contributed by atoms with E-state index in [1.165, 1.54) is 38.5 Å². The van der Waals surface area contributed by atoms with Crippen molar-refractivity contribution in [3.8, 4) is 23.0 Å². The van der Waals surface area contributed by atoms with Gasteiger partial charge in [-0.05, 0) is 47.5 Å². The maximum absolute atomic E-state index is 12.2. The van der Waals surface area contributed by atoms with Gasteiger partial charge >= 0.3 is 5.97 Å². The molecule has 0 saturated carbocycles. The van der Waals surface area contributed by atoms with Gasteiger partial charge in [-0.2, -0.15) is 0 Å². The minimum Gasteiger partial charge on any atom is -0.504 e. The molecular weight excluding hydrogens is 468 g/mol.